The summed E-state index contributed by atoms with van der Waals surface area (Å²) in [5.74, 6) is -3.14. The summed E-state index contributed by atoms with van der Waals surface area (Å²) in [5.41, 5.74) is 3.19. The average Bonchev–Trinajstić information content (AvgIpc) is 3.10. The molecule has 1 aromatic rings. The first-order valence-electron chi connectivity index (χ1n) is 8.68. The predicted molar refractivity (Wildman–Crippen MR) is 99.1 cm³/mol. The number of Topliss-reactive ketones (excluding diaryl/α,β-unsaturated/α-hetero) is 2. The summed E-state index contributed by atoms with van der Waals surface area (Å²) >= 11 is 6.05. The van der Waals surface area contributed by atoms with Crippen LogP contribution in [-0.4, -0.2) is 39.8 Å². The molecule has 0 aliphatic heterocycles. The van der Waals surface area contributed by atoms with E-state index in [9.17, 15) is 19.2 Å². The summed E-state index contributed by atoms with van der Waals surface area (Å²) in [6.07, 6.45) is 1.23. The van der Waals surface area contributed by atoms with Crippen molar-refractivity contribution in [3.63, 3.8) is 0 Å². The van der Waals surface area contributed by atoms with Crippen molar-refractivity contribution in [1.29, 1.82) is 0 Å². The first-order chi connectivity index (χ1) is 12.2. The molecule has 0 unspecified atom stereocenters. The summed E-state index contributed by atoms with van der Waals surface area (Å²) in [6, 6.07) is 3.84. The Morgan fingerprint density at radius 2 is 1.65 bits per heavy atom. The number of hydrogen-bond acceptors (Lipinski definition) is 4. The van der Waals surface area contributed by atoms with Crippen molar-refractivity contribution < 1.29 is 19.2 Å². The molecule has 26 heavy (non-hydrogen) atoms. The molecule has 0 bridgehead atoms. The van der Waals surface area contributed by atoms with Crippen LogP contribution in [0.4, 0.5) is 5.69 Å². The van der Waals surface area contributed by atoms with Crippen molar-refractivity contribution in [3.05, 3.63) is 28.8 Å². The molecule has 1 aromatic carbocycles. The first-order valence-corrected chi connectivity index (χ1v) is 9.06. The molecule has 0 aromatic heterocycles. The molecule has 0 saturated heterocycles. The number of alkyl halides is 1. The monoisotopic (exact) mass is 378 g/mol. The van der Waals surface area contributed by atoms with E-state index in [0.717, 1.165) is 21.7 Å². The zero-order chi connectivity index (χ0) is 19.8. The second-order valence-electron chi connectivity index (χ2n) is 6.24. The second kappa shape index (κ2) is 7.19. The Kier molecular flexibility index (Phi) is 5.56. The fourth-order valence-corrected chi connectivity index (χ4v) is 3.38. The molecule has 1 aliphatic rings. The van der Waals surface area contributed by atoms with Gasteiger partial charge in [0.05, 0.1) is 5.69 Å². The zero-order valence-corrected chi connectivity index (χ0v) is 16.4. The van der Waals surface area contributed by atoms with E-state index in [2.05, 4.69) is 0 Å². The van der Waals surface area contributed by atoms with Gasteiger partial charge in [-0.3, -0.25) is 19.2 Å². The summed E-state index contributed by atoms with van der Waals surface area (Å²) < 4.78 is 0. The van der Waals surface area contributed by atoms with E-state index < -0.39 is 22.3 Å². The molecule has 0 spiro atoms. The molecule has 140 valence electrons. The average molecular weight is 379 g/mol. The number of carbonyl (C=O) groups is 4. The van der Waals surface area contributed by atoms with Crippen molar-refractivity contribution in [2.24, 2.45) is 0 Å². The molecule has 1 aliphatic carbocycles. The molecular weight excluding hydrogens is 356 g/mol. The van der Waals surface area contributed by atoms with Gasteiger partial charge in [0.15, 0.2) is 0 Å². The van der Waals surface area contributed by atoms with Crippen LogP contribution in [0.2, 0.25) is 0 Å². The minimum atomic E-state index is -2.22. The third-order valence-electron chi connectivity index (χ3n) is 4.71. The molecule has 1 saturated carbocycles. The topological polar surface area (TPSA) is 74.8 Å². The van der Waals surface area contributed by atoms with Crippen molar-refractivity contribution in [3.8, 4) is 0 Å². The highest BCUT2D eigenvalue weighted by atomic mass is 35.5. The molecule has 0 atom stereocenters. The lowest BCUT2D eigenvalue weighted by Crippen LogP contribution is -2.54. The van der Waals surface area contributed by atoms with E-state index >= 15 is 0 Å². The quantitative estimate of drug-likeness (QED) is 0.341. The molecule has 0 radical (unpaired) electrons. The Hall–Kier alpha value is -2.21. The van der Waals surface area contributed by atoms with Gasteiger partial charge in [-0.2, -0.15) is 0 Å². The molecular formula is C19H23ClN2O4. The van der Waals surface area contributed by atoms with Gasteiger partial charge >= 0.3 is 0 Å². The highest BCUT2D eigenvalue weighted by Gasteiger charge is 2.72. The van der Waals surface area contributed by atoms with Crippen molar-refractivity contribution >= 4 is 40.7 Å². The standard InChI is InChI=1S/C19H23ClN2O4/c1-6-13-10-9-11(4)14(7-2)15(13)22(21(8-3)12(5)23)18(26)19(20)16(24)17(19)25/h9-10H,6-8H2,1-5H3. The van der Waals surface area contributed by atoms with Crippen LogP contribution in [-0.2, 0) is 32.0 Å². The van der Waals surface area contributed by atoms with Crippen LogP contribution < -0.4 is 5.01 Å². The normalized spacial score (nSPS) is 15.0. The lowest BCUT2D eigenvalue weighted by molar-refractivity contribution is -0.135. The maximum absolute atomic E-state index is 13.2. The van der Waals surface area contributed by atoms with E-state index in [4.69, 9.17) is 11.6 Å². The van der Waals surface area contributed by atoms with Crippen molar-refractivity contribution in [2.45, 2.75) is 52.3 Å². The molecule has 1 fully saturated rings. The van der Waals surface area contributed by atoms with Crippen LogP contribution in [0.5, 0.6) is 0 Å². The highest BCUT2D eigenvalue weighted by molar-refractivity contribution is 6.88. The van der Waals surface area contributed by atoms with Crippen LogP contribution in [0.25, 0.3) is 0 Å². The number of hydrogen-bond donors (Lipinski definition) is 0. The number of anilines is 1. The minimum Gasteiger partial charge on any atom is -0.288 e. The van der Waals surface area contributed by atoms with Gasteiger partial charge in [0.1, 0.15) is 0 Å². The van der Waals surface area contributed by atoms with Gasteiger partial charge in [-0.1, -0.05) is 37.6 Å². The van der Waals surface area contributed by atoms with Gasteiger partial charge in [-0.05, 0) is 43.4 Å². The molecule has 0 heterocycles. The van der Waals surface area contributed by atoms with Gasteiger partial charge in [-0.25, -0.2) is 10.0 Å². The Labute approximate surface area is 158 Å². The van der Waals surface area contributed by atoms with Crippen LogP contribution in [0.3, 0.4) is 0 Å². The Balaban J connectivity index is 2.76. The van der Waals surface area contributed by atoms with Gasteiger partial charge in [0.2, 0.25) is 17.5 Å². The summed E-state index contributed by atoms with van der Waals surface area (Å²) in [7, 11) is 0. The second-order valence-corrected chi connectivity index (χ2v) is 6.81. The number of hydrazine groups is 1. The van der Waals surface area contributed by atoms with Crippen LogP contribution in [0.1, 0.15) is 44.4 Å². The van der Waals surface area contributed by atoms with E-state index in [-0.39, 0.29) is 12.5 Å². The molecule has 2 amide bonds. The Bertz CT molecular complexity index is 789. The van der Waals surface area contributed by atoms with Crippen LogP contribution in [0.15, 0.2) is 12.1 Å². The number of halogens is 1. The predicted octanol–water partition coefficient (Wildman–Crippen LogP) is 2.37. The van der Waals surface area contributed by atoms with E-state index in [1.165, 1.54) is 11.9 Å². The number of aryl methyl sites for hydroxylation is 2. The Morgan fingerprint density at radius 1 is 1.08 bits per heavy atom. The van der Waals surface area contributed by atoms with Crippen LogP contribution in [0, 0.1) is 6.92 Å². The van der Waals surface area contributed by atoms with Gasteiger partial charge in [0, 0.05) is 13.5 Å². The minimum absolute atomic E-state index is 0.191. The highest BCUT2D eigenvalue weighted by Crippen LogP contribution is 2.40. The lowest BCUT2D eigenvalue weighted by Gasteiger charge is -2.37. The zero-order valence-electron chi connectivity index (χ0n) is 15.7. The smallest absolute Gasteiger partial charge is 0.283 e. The maximum atomic E-state index is 13.2. The third-order valence-corrected chi connectivity index (χ3v) is 5.21. The number of benzene rings is 1. The number of rotatable bonds is 5. The fraction of sp³-hybridized carbons (Fsp3) is 0.474. The van der Waals surface area contributed by atoms with E-state index in [1.54, 1.807) is 6.92 Å². The first kappa shape index (κ1) is 20.1. The van der Waals surface area contributed by atoms with Gasteiger partial charge in [0.25, 0.3) is 10.8 Å². The van der Waals surface area contributed by atoms with Crippen molar-refractivity contribution in [1.82, 2.24) is 5.01 Å². The number of carbonyl (C=O) groups excluding carboxylic acids is 4. The molecule has 6 nitrogen and oxygen atoms in total. The number of nitrogens with zero attached hydrogens (tertiary/aromatic N) is 2. The van der Waals surface area contributed by atoms with Crippen LogP contribution >= 0.6 is 11.6 Å². The number of ketones is 2. The third kappa shape index (κ3) is 2.92. The summed E-state index contributed by atoms with van der Waals surface area (Å²) in [4.78, 5) is 46.6. The largest absolute Gasteiger partial charge is 0.288 e. The maximum Gasteiger partial charge on any atom is 0.283 e. The Morgan fingerprint density at radius 3 is 2.04 bits per heavy atom. The molecule has 7 heteroatoms. The fourth-order valence-electron chi connectivity index (χ4n) is 3.17. The summed E-state index contributed by atoms with van der Waals surface area (Å²) in [5, 5.41) is 2.36. The molecule has 0 N–H and O–H groups in total. The SMILES string of the molecule is CCc1ccc(C)c(CC)c1N(C(=O)C1(Cl)C(=O)C1=O)N(CC)C(C)=O. The van der Waals surface area contributed by atoms with E-state index in [1.807, 2.05) is 32.9 Å². The number of amides is 2. The van der Waals surface area contributed by atoms with E-state index in [0.29, 0.717) is 18.5 Å². The van der Waals surface area contributed by atoms with Crippen molar-refractivity contribution in [2.75, 3.05) is 11.6 Å². The molecule has 2 rings (SSSR count). The van der Waals surface area contributed by atoms with Gasteiger partial charge in [-0.15, -0.1) is 0 Å². The summed E-state index contributed by atoms with van der Waals surface area (Å²) in [6.45, 7) is 9.03. The van der Waals surface area contributed by atoms with Gasteiger partial charge < -0.3 is 0 Å². The lowest BCUT2D eigenvalue weighted by atomic mass is 9.97.